The molecule has 2 fully saturated rings. The molecule has 0 radical (unpaired) electrons. The third-order valence-electron chi connectivity index (χ3n) is 4.47. The highest BCUT2D eigenvalue weighted by Gasteiger charge is 2.44. The second kappa shape index (κ2) is 4.02. The molecule has 3 nitrogen and oxygen atoms in total. The van der Waals surface area contributed by atoms with Gasteiger partial charge in [-0.15, -0.1) is 0 Å². The van der Waals surface area contributed by atoms with Crippen LogP contribution in [0, 0.1) is 17.3 Å². The molecule has 0 bridgehead atoms. The molecule has 1 saturated carbocycles. The summed E-state index contributed by atoms with van der Waals surface area (Å²) in [6, 6.07) is 0.324. The van der Waals surface area contributed by atoms with E-state index in [1.807, 2.05) is 0 Å². The number of hydrogen-bond donors (Lipinski definition) is 1. The van der Waals surface area contributed by atoms with Gasteiger partial charge in [0.1, 0.15) is 0 Å². The molecule has 0 aromatic rings. The predicted molar refractivity (Wildman–Crippen MR) is 63.3 cm³/mol. The Balaban J connectivity index is 1.92. The molecule has 16 heavy (non-hydrogen) atoms. The average Bonchev–Trinajstić information content (AvgIpc) is 2.48. The van der Waals surface area contributed by atoms with Gasteiger partial charge in [0.15, 0.2) is 0 Å². The Morgan fingerprint density at radius 1 is 1.25 bits per heavy atom. The first-order chi connectivity index (χ1) is 7.39. The van der Waals surface area contributed by atoms with Crippen LogP contribution in [0.25, 0.3) is 0 Å². The van der Waals surface area contributed by atoms with Crippen molar-refractivity contribution in [1.82, 2.24) is 4.90 Å². The summed E-state index contributed by atoms with van der Waals surface area (Å²) in [7, 11) is 0. The Hall–Kier alpha value is -0.570. The molecular weight excluding hydrogens is 202 g/mol. The molecule has 0 aromatic carbocycles. The highest BCUT2D eigenvalue weighted by molar-refractivity contribution is 5.72. The standard InChI is InChI=1S/C13H23NO2/c1-13(2,3)9-6-7-14(8-9)11-5-4-10(11)12(15)16/h9-11H,4-8H2,1-3H3,(H,15,16). The van der Waals surface area contributed by atoms with E-state index in [0.717, 1.165) is 31.8 Å². The van der Waals surface area contributed by atoms with Crippen molar-refractivity contribution in [1.29, 1.82) is 0 Å². The molecule has 92 valence electrons. The summed E-state index contributed by atoms with van der Waals surface area (Å²) in [6.07, 6.45) is 3.18. The molecule has 1 N–H and O–H groups in total. The Bertz CT molecular complexity index is 282. The lowest BCUT2D eigenvalue weighted by Crippen LogP contribution is -2.49. The van der Waals surface area contributed by atoms with Gasteiger partial charge in [-0.25, -0.2) is 0 Å². The van der Waals surface area contributed by atoms with Crippen LogP contribution in [-0.2, 0) is 4.79 Å². The lowest BCUT2D eigenvalue weighted by molar-refractivity contribution is -0.148. The van der Waals surface area contributed by atoms with Crippen molar-refractivity contribution in [3.05, 3.63) is 0 Å². The van der Waals surface area contributed by atoms with Crippen LogP contribution in [0.4, 0.5) is 0 Å². The van der Waals surface area contributed by atoms with Crippen LogP contribution in [0.5, 0.6) is 0 Å². The Morgan fingerprint density at radius 2 is 1.94 bits per heavy atom. The summed E-state index contributed by atoms with van der Waals surface area (Å²) in [5, 5.41) is 9.06. The van der Waals surface area contributed by atoms with E-state index in [1.54, 1.807) is 0 Å². The van der Waals surface area contributed by atoms with Gasteiger partial charge in [0.25, 0.3) is 0 Å². The van der Waals surface area contributed by atoms with E-state index in [0.29, 0.717) is 11.5 Å². The minimum Gasteiger partial charge on any atom is -0.481 e. The fraction of sp³-hybridized carbons (Fsp3) is 0.923. The monoisotopic (exact) mass is 225 g/mol. The first-order valence-electron chi connectivity index (χ1n) is 6.36. The van der Waals surface area contributed by atoms with Gasteiger partial charge < -0.3 is 5.11 Å². The van der Waals surface area contributed by atoms with E-state index in [1.165, 1.54) is 6.42 Å². The van der Waals surface area contributed by atoms with Gasteiger partial charge >= 0.3 is 5.97 Å². The highest BCUT2D eigenvalue weighted by atomic mass is 16.4. The van der Waals surface area contributed by atoms with Gasteiger partial charge in [0.05, 0.1) is 5.92 Å². The third-order valence-corrected chi connectivity index (χ3v) is 4.47. The number of carboxylic acid groups (broad SMARTS) is 1. The maximum atomic E-state index is 11.0. The molecule has 1 heterocycles. The molecule has 2 rings (SSSR count). The summed E-state index contributed by atoms with van der Waals surface area (Å²) in [5.41, 5.74) is 0.358. The van der Waals surface area contributed by atoms with Crippen molar-refractivity contribution >= 4 is 5.97 Å². The van der Waals surface area contributed by atoms with Crippen LogP contribution in [0.2, 0.25) is 0 Å². The average molecular weight is 225 g/mol. The third kappa shape index (κ3) is 2.10. The first kappa shape index (κ1) is 11.9. The van der Waals surface area contributed by atoms with E-state index in [2.05, 4.69) is 25.7 Å². The van der Waals surface area contributed by atoms with Crippen molar-refractivity contribution in [2.75, 3.05) is 13.1 Å². The molecule has 3 heteroatoms. The Kier molecular flexibility index (Phi) is 2.99. The van der Waals surface area contributed by atoms with Gasteiger partial charge in [-0.1, -0.05) is 20.8 Å². The van der Waals surface area contributed by atoms with Gasteiger partial charge in [-0.3, -0.25) is 9.69 Å². The van der Waals surface area contributed by atoms with E-state index >= 15 is 0 Å². The Morgan fingerprint density at radius 3 is 2.31 bits per heavy atom. The van der Waals surface area contributed by atoms with Crippen molar-refractivity contribution in [3.63, 3.8) is 0 Å². The van der Waals surface area contributed by atoms with Crippen molar-refractivity contribution in [3.8, 4) is 0 Å². The molecule has 2 aliphatic rings. The van der Waals surface area contributed by atoms with E-state index in [9.17, 15) is 4.79 Å². The van der Waals surface area contributed by atoms with E-state index in [-0.39, 0.29) is 5.92 Å². The zero-order valence-electron chi connectivity index (χ0n) is 10.6. The van der Waals surface area contributed by atoms with Gasteiger partial charge in [0, 0.05) is 12.6 Å². The SMILES string of the molecule is CC(C)(C)C1CCN(C2CCC2C(=O)O)C1. The molecule has 1 aliphatic carbocycles. The molecule has 1 saturated heterocycles. The van der Waals surface area contributed by atoms with E-state index < -0.39 is 5.97 Å². The molecule has 3 unspecified atom stereocenters. The fourth-order valence-corrected chi connectivity index (χ4v) is 3.00. The molecular formula is C13H23NO2. The summed E-state index contributed by atoms with van der Waals surface area (Å²) < 4.78 is 0. The highest BCUT2D eigenvalue weighted by Crippen LogP contribution is 2.39. The van der Waals surface area contributed by atoms with Gasteiger partial charge in [0.2, 0.25) is 0 Å². The number of likely N-dealkylation sites (tertiary alicyclic amines) is 1. The van der Waals surface area contributed by atoms with Crippen molar-refractivity contribution in [2.24, 2.45) is 17.3 Å². The molecule has 3 atom stereocenters. The molecule has 0 amide bonds. The second-order valence-electron chi connectivity index (χ2n) is 6.44. The fourth-order valence-electron chi connectivity index (χ4n) is 3.00. The lowest BCUT2D eigenvalue weighted by Gasteiger charge is -2.40. The van der Waals surface area contributed by atoms with Gasteiger partial charge in [-0.05, 0) is 37.1 Å². The smallest absolute Gasteiger partial charge is 0.308 e. The number of carbonyl (C=O) groups is 1. The minimum atomic E-state index is -0.601. The quantitative estimate of drug-likeness (QED) is 0.783. The van der Waals surface area contributed by atoms with Crippen LogP contribution >= 0.6 is 0 Å². The van der Waals surface area contributed by atoms with Crippen LogP contribution in [0.15, 0.2) is 0 Å². The van der Waals surface area contributed by atoms with Crippen molar-refractivity contribution < 1.29 is 9.90 Å². The summed E-state index contributed by atoms with van der Waals surface area (Å²) in [5.74, 6) is 0.0247. The summed E-state index contributed by atoms with van der Waals surface area (Å²) in [4.78, 5) is 13.4. The molecule has 0 spiro atoms. The molecule has 0 aromatic heterocycles. The maximum Gasteiger partial charge on any atom is 0.308 e. The minimum absolute atomic E-state index is 0.0984. The van der Waals surface area contributed by atoms with Crippen LogP contribution in [0.3, 0.4) is 0 Å². The first-order valence-corrected chi connectivity index (χ1v) is 6.36. The zero-order chi connectivity index (χ0) is 11.9. The van der Waals surface area contributed by atoms with Crippen LogP contribution in [-0.4, -0.2) is 35.1 Å². The lowest BCUT2D eigenvalue weighted by atomic mass is 9.78. The van der Waals surface area contributed by atoms with E-state index in [4.69, 9.17) is 5.11 Å². The largest absolute Gasteiger partial charge is 0.481 e. The zero-order valence-corrected chi connectivity index (χ0v) is 10.6. The topological polar surface area (TPSA) is 40.5 Å². The Labute approximate surface area is 97.8 Å². The summed E-state index contributed by atoms with van der Waals surface area (Å²) in [6.45, 7) is 9.05. The number of rotatable bonds is 2. The number of aliphatic carboxylic acids is 1. The van der Waals surface area contributed by atoms with Crippen LogP contribution in [0.1, 0.15) is 40.0 Å². The number of hydrogen-bond acceptors (Lipinski definition) is 2. The second-order valence-corrected chi connectivity index (χ2v) is 6.44. The number of carboxylic acids is 1. The summed E-state index contributed by atoms with van der Waals surface area (Å²) >= 11 is 0. The maximum absolute atomic E-state index is 11.0. The normalized spacial score (nSPS) is 36.1. The van der Waals surface area contributed by atoms with Gasteiger partial charge in [-0.2, -0.15) is 0 Å². The van der Waals surface area contributed by atoms with Crippen LogP contribution < -0.4 is 0 Å². The predicted octanol–water partition coefficient (Wildman–Crippen LogP) is 2.22. The number of nitrogens with zero attached hydrogens (tertiary/aromatic N) is 1. The van der Waals surface area contributed by atoms with Crippen molar-refractivity contribution in [2.45, 2.75) is 46.1 Å². The molecule has 1 aliphatic heterocycles.